The molecule has 14 heteroatoms. The second-order valence-electron chi connectivity index (χ2n) is 10.7. The van der Waals surface area contributed by atoms with Gasteiger partial charge in [0.25, 0.3) is 0 Å². The lowest BCUT2D eigenvalue weighted by Crippen LogP contribution is -2.48. The monoisotopic (exact) mass is 665 g/mol. The van der Waals surface area contributed by atoms with Crippen molar-refractivity contribution in [3.63, 3.8) is 0 Å². The molecule has 2 amide bonds. The zero-order chi connectivity index (χ0) is 33.3. The average Bonchev–Trinajstić information content (AvgIpc) is 3.04. The molecule has 0 spiro atoms. The van der Waals surface area contributed by atoms with Gasteiger partial charge in [-0.15, -0.1) is 0 Å². The fourth-order valence-electron chi connectivity index (χ4n) is 5.27. The molecule has 1 saturated heterocycles. The Hall–Kier alpha value is -3.75. The fourth-order valence-corrected chi connectivity index (χ4v) is 6.29. The van der Waals surface area contributed by atoms with Crippen molar-refractivity contribution >= 4 is 29.6 Å². The van der Waals surface area contributed by atoms with Crippen molar-refractivity contribution in [1.29, 1.82) is 0 Å². The van der Waals surface area contributed by atoms with Gasteiger partial charge >= 0.3 is 12.3 Å². The number of anilines is 1. The highest BCUT2D eigenvalue weighted by molar-refractivity contribution is 7.97. The Labute approximate surface area is 268 Å². The molecule has 4 rings (SSSR count). The van der Waals surface area contributed by atoms with Crippen molar-refractivity contribution < 1.29 is 36.3 Å². The van der Waals surface area contributed by atoms with Gasteiger partial charge in [0.05, 0.1) is 24.3 Å². The maximum Gasteiger partial charge on any atom is 0.417 e. The number of carbonyl (C=O) groups is 2. The number of benzene rings is 2. The second-order valence-corrected chi connectivity index (χ2v) is 11.9. The Kier molecular flexibility index (Phi) is 12.4. The molecule has 0 radical (unpaired) electrons. The van der Waals surface area contributed by atoms with E-state index in [1.54, 1.807) is 11.9 Å². The number of carbonyl (C=O) groups excluding carboxylic acids is 2. The Balaban J connectivity index is 1.66. The lowest BCUT2D eigenvalue weighted by molar-refractivity contribution is -0.137. The largest absolute Gasteiger partial charge is 0.453 e. The highest BCUT2D eigenvalue weighted by Crippen LogP contribution is 2.33. The normalized spacial score (nSPS) is 16.8. The van der Waals surface area contributed by atoms with Crippen molar-refractivity contribution in [1.82, 2.24) is 19.9 Å². The van der Waals surface area contributed by atoms with Gasteiger partial charge < -0.3 is 20.7 Å². The van der Waals surface area contributed by atoms with Crippen molar-refractivity contribution in [3.05, 3.63) is 94.8 Å². The number of halogens is 5. The molecular formula is C32H36F5N5O3S. The van der Waals surface area contributed by atoms with E-state index in [1.807, 2.05) is 0 Å². The molecule has 0 saturated carbocycles. The minimum absolute atomic E-state index is 0.00917. The zero-order valence-electron chi connectivity index (χ0n) is 25.4. The van der Waals surface area contributed by atoms with Crippen molar-refractivity contribution in [2.75, 3.05) is 37.8 Å². The molecule has 248 valence electrons. The molecule has 3 unspecified atom stereocenters. The molecule has 46 heavy (non-hydrogen) atoms. The number of aromatic nitrogens is 1. The zero-order valence-corrected chi connectivity index (χ0v) is 26.2. The standard InChI is InChI=1S/C32H36F5N5O3S/c1-3-17-46-42-16-15-38-19-23(42)12-13-24-25(34)5-4-6-26(24)40-30(43)29(41-31(44)45-2)28(20-7-10-22(33)11-8-20)27-14-9-21(18-39-27)32(35,36)37/h4-11,14,18,23,28-29,38H,3,12-13,15-17,19H2,1-2H3,(H,40,43)(H,41,44). The number of methoxy groups -OCH3 is 1. The summed E-state index contributed by atoms with van der Waals surface area (Å²) in [5.74, 6) is -2.14. The molecule has 1 fully saturated rings. The number of piperazine rings is 1. The number of amides is 2. The number of pyridine rings is 1. The predicted molar refractivity (Wildman–Crippen MR) is 166 cm³/mol. The Morgan fingerprint density at radius 1 is 1.13 bits per heavy atom. The number of rotatable bonds is 12. The highest BCUT2D eigenvalue weighted by atomic mass is 32.2. The maximum absolute atomic E-state index is 15.3. The van der Waals surface area contributed by atoms with E-state index in [0.29, 0.717) is 19.0 Å². The highest BCUT2D eigenvalue weighted by Gasteiger charge is 2.36. The number of hydrogen-bond donors (Lipinski definition) is 3. The summed E-state index contributed by atoms with van der Waals surface area (Å²) < 4.78 is 76.1. The van der Waals surface area contributed by atoms with Crippen LogP contribution in [0.25, 0.3) is 0 Å². The van der Waals surface area contributed by atoms with Crippen LogP contribution in [0.15, 0.2) is 60.8 Å². The van der Waals surface area contributed by atoms with E-state index in [2.05, 4.69) is 32.2 Å². The van der Waals surface area contributed by atoms with E-state index in [9.17, 15) is 27.2 Å². The van der Waals surface area contributed by atoms with E-state index in [-0.39, 0.29) is 28.6 Å². The Morgan fingerprint density at radius 3 is 2.54 bits per heavy atom. The fraction of sp³-hybridized carbons (Fsp3) is 0.406. The minimum Gasteiger partial charge on any atom is -0.453 e. The Bertz CT molecular complexity index is 1460. The first-order valence-electron chi connectivity index (χ1n) is 14.8. The first-order valence-corrected chi connectivity index (χ1v) is 15.8. The van der Waals surface area contributed by atoms with Gasteiger partial charge in [-0.3, -0.25) is 9.78 Å². The van der Waals surface area contributed by atoms with Gasteiger partial charge in [-0.2, -0.15) is 13.2 Å². The van der Waals surface area contributed by atoms with Gasteiger partial charge in [0.2, 0.25) is 5.91 Å². The molecule has 1 aliphatic heterocycles. The number of nitrogens with zero attached hydrogens (tertiary/aromatic N) is 2. The first kappa shape index (κ1) is 35.1. The molecule has 8 nitrogen and oxygen atoms in total. The molecule has 2 aromatic carbocycles. The number of hydrogen-bond acceptors (Lipinski definition) is 7. The maximum atomic E-state index is 15.3. The van der Waals surface area contributed by atoms with Gasteiger partial charge in [0.1, 0.15) is 17.7 Å². The van der Waals surface area contributed by atoms with Crippen LogP contribution in [0.3, 0.4) is 0 Å². The molecule has 1 aliphatic rings. The van der Waals surface area contributed by atoms with Crippen molar-refractivity contribution in [2.45, 2.75) is 50.4 Å². The van der Waals surface area contributed by atoms with E-state index < -0.39 is 47.3 Å². The molecule has 3 aromatic rings. The van der Waals surface area contributed by atoms with Crippen LogP contribution in [0.5, 0.6) is 0 Å². The molecule has 0 bridgehead atoms. The summed E-state index contributed by atoms with van der Waals surface area (Å²) in [6.07, 6.45) is -3.13. The number of alkyl carbamates (subject to hydrolysis) is 1. The van der Waals surface area contributed by atoms with E-state index in [4.69, 9.17) is 4.74 Å². The van der Waals surface area contributed by atoms with Crippen LogP contribution in [-0.4, -0.2) is 65.9 Å². The Morgan fingerprint density at radius 2 is 1.89 bits per heavy atom. The number of ether oxygens (including phenoxy) is 1. The second kappa shape index (κ2) is 16.2. The predicted octanol–water partition coefficient (Wildman–Crippen LogP) is 6.14. The van der Waals surface area contributed by atoms with E-state index in [0.717, 1.165) is 63.2 Å². The summed E-state index contributed by atoms with van der Waals surface area (Å²) in [4.78, 5) is 30.4. The molecule has 0 aliphatic carbocycles. The third kappa shape index (κ3) is 9.17. The van der Waals surface area contributed by atoms with Crippen molar-refractivity contribution in [2.24, 2.45) is 0 Å². The van der Waals surface area contributed by atoms with Crippen LogP contribution in [0.2, 0.25) is 0 Å². The number of alkyl halides is 3. The summed E-state index contributed by atoms with van der Waals surface area (Å²) >= 11 is 1.76. The van der Waals surface area contributed by atoms with Crippen LogP contribution in [-0.2, 0) is 22.1 Å². The van der Waals surface area contributed by atoms with Gasteiger partial charge in [0.15, 0.2) is 0 Å². The van der Waals surface area contributed by atoms with Crippen LogP contribution >= 0.6 is 11.9 Å². The number of nitrogens with one attached hydrogen (secondary N) is 3. The smallest absolute Gasteiger partial charge is 0.417 e. The SMILES string of the molecule is CCCSN1CCNCC1CCc1c(F)cccc1NC(=O)C(NC(=O)OC)C(c1ccc(F)cc1)c1ccc(C(F)(F)F)cn1. The molecule has 2 heterocycles. The summed E-state index contributed by atoms with van der Waals surface area (Å²) in [5, 5.41) is 8.54. The van der Waals surface area contributed by atoms with Gasteiger partial charge in [-0.25, -0.2) is 17.9 Å². The lowest BCUT2D eigenvalue weighted by atomic mass is 9.87. The molecule has 3 atom stereocenters. The summed E-state index contributed by atoms with van der Waals surface area (Å²) in [7, 11) is 1.08. The van der Waals surface area contributed by atoms with Gasteiger partial charge in [-0.1, -0.05) is 37.1 Å². The quantitative estimate of drug-likeness (QED) is 0.158. The van der Waals surface area contributed by atoms with E-state index in [1.165, 1.54) is 30.3 Å². The third-order valence-electron chi connectivity index (χ3n) is 7.60. The summed E-state index contributed by atoms with van der Waals surface area (Å²) in [6.45, 7) is 4.54. The summed E-state index contributed by atoms with van der Waals surface area (Å²) in [6, 6.07) is 9.71. The van der Waals surface area contributed by atoms with Gasteiger partial charge in [-0.05, 0) is 61.2 Å². The van der Waals surface area contributed by atoms with Crippen LogP contribution in [0.1, 0.15) is 48.1 Å². The van der Waals surface area contributed by atoms with Crippen molar-refractivity contribution in [3.8, 4) is 0 Å². The third-order valence-corrected chi connectivity index (χ3v) is 9.00. The van der Waals surface area contributed by atoms with Crippen LogP contribution in [0, 0.1) is 11.6 Å². The lowest BCUT2D eigenvalue weighted by Gasteiger charge is -2.35. The van der Waals surface area contributed by atoms with Crippen LogP contribution in [0.4, 0.5) is 32.4 Å². The topological polar surface area (TPSA) is 95.6 Å². The molecular weight excluding hydrogens is 629 g/mol. The minimum atomic E-state index is -4.66. The van der Waals surface area contributed by atoms with Crippen LogP contribution < -0.4 is 16.0 Å². The average molecular weight is 666 g/mol. The molecule has 3 N–H and O–H groups in total. The summed E-state index contributed by atoms with van der Waals surface area (Å²) in [5.41, 5.74) is -0.300. The van der Waals surface area contributed by atoms with Gasteiger partial charge in [0, 0.05) is 48.9 Å². The molecule has 1 aromatic heterocycles. The van der Waals surface area contributed by atoms with E-state index >= 15 is 4.39 Å². The first-order chi connectivity index (χ1) is 22.0.